The van der Waals surface area contributed by atoms with E-state index in [1.54, 1.807) is 34.8 Å². The lowest BCUT2D eigenvalue weighted by Gasteiger charge is -2.35. The number of aromatic nitrogens is 2. The number of carbonyl (C=O) groups is 2. The molecule has 1 aliphatic carbocycles. The maximum absolute atomic E-state index is 14.0. The average molecular weight is 413 g/mol. The molecule has 7 nitrogen and oxygen atoms in total. The molecular formula is C22H28FN5O2. The molecule has 1 aromatic heterocycles. The first kappa shape index (κ1) is 20.4. The van der Waals surface area contributed by atoms with Crippen LogP contribution in [0, 0.1) is 11.7 Å². The van der Waals surface area contributed by atoms with Crippen molar-refractivity contribution in [2.75, 3.05) is 36.4 Å². The third-order valence-corrected chi connectivity index (χ3v) is 6.09. The van der Waals surface area contributed by atoms with Gasteiger partial charge in [-0.3, -0.25) is 14.3 Å². The van der Waals surface area contributed by atoms with Gasteiger partial charge >= 0.3 is 0 Å². The Hall–Kier alpha value is -2.90. The molecule has 1 aromatic carbocycles. The van der Waals surface area contributed by atoms with Crippen LogP contribution in [0.25, 0.3) is 0 Å². The number of para-hydroxylation sites is 1. The molecule has 160 valence electrons. The summed E-state index contributed by atoms with van der Waals surface area (Å²) >= 11 is 0. The van der Waals surface area contributed by atoms with Crippen LogP contribution >= 0.6 is 0 Å². The molecular weight excluding hydrogens is 385 g/mol. The zero-order valence-electron chi connectivity index (χ0n) is 17.3. The van der Waals surface area contributed by atoms with Gasteiger partial charge < -0.3 is 15.1 Å². The molecule has 0 radical (unpaired) electrons. The zero-order chi connectivity index (χ0) is 21.1. The largest absolute Gasteiger partial charge is 0.366 e. The summed E-state index contributed by atoms with van der Waals surface area (Å²) in [5.41, 5.74) is 0.880. The highest BCUT2D eigenvalue weighted by molar-refractivity contribution is 5.96. The lowest BCUT2D eigenvalue weighted by atomic mass is 9.89. The Morgan fingerprint density at radius 3 is 2.47 bits per heavy atom. The molecule has 8 heteroatoms. The molecule has 0 unspecified atom stereocenters. The van der Waals surface area contributed by atoms with E-state index in [1.165, 1.54) is 12.5 Å². The summed E-state index contributed by atoms with van der Waals surface area (Å²) < 4.78 is 15.6. The maximum Gasteiger partial charge on any atom is 0.274 e. The average Bonchev–Trinajstić information content (AvgIpc) is 3.14. The Kier molecular flexibility index (Phi) is 6.01. The van der Waals surface area contributed by atoms with Gasteiger partial charge in [0.2, 0.25) is 5.91 Å². The van der Waals surface area contributed by atoms with E-state index in [4.69, 9.17) is 0 Å². The monoisotopic (exact) mass is 413 g/mol. The Balaban J connectivity index is 1.37. The van der Waals surface area contributed by atoms with Gasteiger partial charge in [-0.15, -0.1) is 0 Å². The quantitative estimate of drug-likeness (QED) is 0.837. The smallest absolute Gasteiger partial charge is 0.274 e. The predicted molar refractivity (Wildman–Crippen MR) is 113 cm³/mol. The molecule has 1 aliphatic heterocycles. The summed E-state index contributed by atoms with van der Waals surface area (Å²) in [5, 5.41) is 7.25. The standard InChI is InChI=1S/C22H28FN5O2/c1-26-20(24-21(29)16-7-3-2-4-8-16)15-18(25-26)22(30)28-13-11-27(12-14-28)19-10-6-5-9-17(19)23/h5-6,9-10,15-16H,2-4,7-8,11-14H2,1H3,(H,24,29). The van der Waals surface area contributed by atoms with Crippen molar-refractivity contribution in [3.05, 3.63) is 41.8 Å². The van der Waals surface area contributed by atoms with E-state index in [0.717, 1.165) is 25.7 Å². The number of amides is 2. The van der Waals surface area contributed by atoms with Gasteiger partial charge in [-0.1, -0.05) is 31.4 Å². The summed E-state index contributed by atoms with van der Waals surface area (Å²) in [4.78, 5) is 29.1. The highest BCUT2D eigenvalue weighted by atomic mass is 19.1. The Morgan fingerprint density at radius 1 is 1.07 bits per heavy atom. The molecule has 2 heterocycles. The number of hydrogen-bond donors (Lipinski definition) is 1. The number of piperazine rings is 1. The van der Waals surface area contributed by atoms with Crippen LogP contribution in [0.15, 0.2) is 30.3 Å². The summed E-state index contributed by atoms with van der Waals surface area (Å²) in [6, 6.07) is 8.33. The third-order valence-electron chi connectivity index (χ3n) is 6.09. The minimum atomic E-state index is -0.250. The van der Waals surface area contributed by atoms with Crippen LogP contribution in [0.1, 0.15) is 42.6 Å². The van der Waals surface area contributed by atoms with Crippen molar-refractivity contribution < 1.29 is 14.0 Å². The molecule has 4 rings (SSSR count). The second-order valence-electron chi connectivity index (χ2n) is 8.09. The van der Waals surface area contributed by atoms with Crippen LogP contribution in [0.4, 0.5) is 15.9 Å². The van der Waals surface area contributed by atoms with E-state index in [0.29, 0.717) is 43.4 Å². The summed E-state index contributed by atoms with van der Waals surface area (Å²) in [6.07, 6.45) is 5.21. The molecule has 30 heavy (non-hydrogen) atoms. The van der Waals surface area contributed by atoms with Crippen LogP contribution in [-0.2, 0) is 11.8 Å². The minimum Gasteiger partial charge on any atom is -0.366 e. The van der Waals surface area contributed by atoms with Gasteiger partial charge in [0.1, 0.15) is 11.6 Å². The first-order valence-electron chi connectivity index (χ1n) is 10.7. The first-order valence-corrected chi connectivity index (χ1v) is 10.7. The van der Waals surface area contributed by atoms with Crippen molar-refractivity contribution in [2.24, 2.45) is 13.0 Å². The SMILES string of the molecule is Cn1nc(C(=O)N2CCN(c3ccccc3F)CC2)cc1NC(=O)C1CCCCC1. The van der Waals surface area contributed by atoms with Gasteiger partial charge in [-0.2, -0.15) is 5.10 Å². The topological polar surface area (TPSA) is 70.5 Å². The molecule has 0 spiro atoms. The molecule has 0 bridgehead atoms. The molecule has 1 saturated carbocycles. The molecule has 2 amide bonds. The van der Waals surface area contributed by atoms with E-state index in [1.807, 2.05) is 11.0 Å². The van der Waals surface area contributed by atoms with Crippen molar-refractivity contribution in [3.8, 4) is 0 Å². The molecule has 2 fully saturated rings. The summed E-state index contributed by atoms with van der Waals surface area (Å²) in [7, 11) is 1.73. The number of hydrogen-bond acceptors (Lipinski definition) is 4. The van der Waals surface area contributed by atoms with Crippen LogP contribution < -0.4 is 10.2 Å². The molecule has 1 saturated heterocycles. The van der Waals surface area contributed by atoms with E-state index < -0.39 is 0 Å². The van der Waals surface area contributed by atoms with Gasteiger partial charge in [-0.25, -0.2) is 4.39 Å². The van der Waals surface area contributed by atoms with Crippen LogP contribution in [0.3, 0.4) is 0 Å². The second kappa shape index (κ2) is 8.85. The molecule has 0 atom stereocenters. The van der Waals surface area contributed by atoms with Crippen LogP contribution in [0.5, 0.6) is 0 Å². The molecule has 2 aromatic rings. The highest BCUT2D eigenvalue weighted by Gasteiger charge is 2.27. The minimum absolute atomic E-state index is 0.00945. The van der Waals surface area contributed by atoms with E-state index in [9.17, 15) is 14.0 Å². The van der Waals surface area contributed by atoms with Crippen LogP contribution in [0.2, 0.25) is 0 Å². The number of carbonyl (C=O) groups excluding carboxylic acids is 2. The van der Waals surface area contributed by atoms with Gasteiger partial charge in [-0.05, 0) is 25.0 Å². The number of rotatable bonds is 4. The van der Waals surface area contributed by atoms with Crippen molar-refractivity contribution >= 4 is 23.3 Å². The number of nitrogens with zero attached hydrogens (tertiary/aromatic N) is 4. The first-order chi connectivity index (χ1) is 14.5. The zero-order valence-corrected chi connectivity index (χ0v) is 17.3. The van der Waals surface area contributed by atoms with E-state index in [2.05, 4.69) is 10.4 Å². The van der Waals surface area contributed by atoms with E-state index >= 15 is 0 Å². The van der Waals surface area contributed by atoms with Crippen molar-refractivity contribution in [3.63, 3.8) is 0 Å². The number of benzene rings is 1. The fourth-order valence-corrected chi connectivity index (χ4v) is 4.30. The third kappa shape index (κ3) is 4.32. The molecule has 1 N–H and O–H groups in total. The number of anilines is 2. The van der Waals surface area contributed by atoms with Crippen molar-refractivity contribution in [2.45, 2.75) is 32.1 Å². The van der Waals surface area contributed by atoms with Crippen molar-refractivity contribution in [1.29, 1.82) is 0 Å². The maximum atomic E-state index is 14.0. The summed E-state index contributed by atoms with van der Waals surface area (Å²) in [6.45, 7) is 2.11. The Labute approximate surface area is 175 Å². The van der Waals surface area contributed by atoms with Crippen molar-refractivity contribution in [1.82, 2.24) is 14.7 Å². The van der Waals surface area contributed by atoms with Gasteiger partial charge in [0.15, 0.2) is 5.69 Å². The summed E-state index contributed by atoms with van der Waals surface area (Å²) in [5.74, 6) is 0.172. The Morgan fingerprint density at radius 2 is 1.77 bits per heavy atom. The fraction of sp³-hybridized carbons (Fsp3) is 0.500. The van der Waals surface area contributed by atoms with E-state index in [-0.39, 0.29) is 23.5 Å². The van der Waals surface area contributed by atoms with Crippen LogP contribution in [-0.4, -0.2) is 52.7 Å². The van der Waals surface area contributed by atoms with Gasteiger partial charge in [0.25, 0.3) is 5.91 Å². The second-order valence-corrected chi connectivity index (χ2v) is 8.09. The predicted octanol–water partition coefficient (Wildman–Crippen LogP) is 3.04. The number of aryl methyl sites for hydroxylation is 1. The lowest BCUT2D eigenvalue weighted by molar-refractivity contribution is -0.120. The fourth-order valence-electron chi connectivity index (χ4n) is 4.30. The number of halogens is 1. The highest BCUT2D eigenvalue weighted by Crippen LogP contribution is 2.25. The molecule has 2 aliphatic rings. The number of nitrogens with one attached hydrogen (secondary N) is 1. The van der Waals surface area contributed by atoms with Gasteiger partial charge in [0, 0.05) is 45.2 Å². The Bertz CT molecular complexity index is 914. The lowest BCUT2D eigenvalue weighted by Crippen LogP contribution is -2.49. The van der Waals surface area contributed by atoms with Gasteiger partial charge in [0.05, 0.1) is 5.69 Å². The normalized spacial score (nSPS) is 17.8.